The van der Waals surface area contributed by atoms with E-state index >= 15 is 0 Å². The minimum Gasteiger partial charge on any atom is -0.337 e. The van der Waals surface area contributed by atoms with E-state index in [-0.39, 0.29) is 16.5 Å². The lowest BCUT2D eigenvalue weighted by atomic mass is 9.96. The Morgan fingerprint density at radius 1 is 1.18 bits per heavy atom. The standard InChI is InChI=1S/C17H16ClFN2O/c18-14-10-13(6-7-15(14)19)21-16(22)20-11-17(8-9-17)12-4-2-1-3-5-12/h1-7,10H,8-9,11H2,(H2,20,21,22). The van der Waals surface area contributed by atoms with E-state index in [1.165, 1.54) is 23.8 Å². The number of anilines is 1. The Morgan fingerprint density at radius 3 is 2.55 bits per heavy atom. The lowest BCUT2D eigenvalue weighted by Crippen LogP contribution is -2.35. The molecule has 1 aliphatic rings. The molecule has 2 aromatic carbocycles. The van der Waals surface area contributed by atoms with Crippen LogP contribution in [0.15, 0.2) is 48.5 Å². The smallest absolute Gasteiger partial charge is 0.319 e. The maximum Gasteiger partial charge on any atom is 0.319 e. The Bertz CT molecular complexity index is 686. The number of halogens is 2. The fraction of sp³-hybridized carbons (Fsp3) is 0.235. The average molecular weight is 319 g/mol. The summed E-state index contributed by atoms with van der Waals surface area (Å²) in [6.45, 7) is 0.581. The first kappa shape index (κ1) is 14.9. The van der Waals surface area contributed by atoms with Crippen LogP contribution in [0.5, 0.6) is 0 Å². The first-order valence-corrected chi connectivity index (χ1v) is 7.52. The molecule has 5 heteroatoms. The predicted octanol–water partition coefficient (Wildman–Crippen LogP) is 4.33. The normalized spacial score (nSPS) is 15.2. The SMILES string of the molecule is O=C(NCC1(c2ccccc2)CC1)Nc1ccc(F)c(Cl)c1. The van der Waals surface area contributed by atoms with Crippen LogP contribution in [0, 0.1) is 5.82 Å². The second-order valence-corrected chi connectivity index (χ2v) is 5.99. The third kappa shape index (κ3) is 3.22. The van der Waals surface area contributed by atoms with E-state index in [1.54, 1.807) is 0 Å². The van der Waals surface area contributed by atoms with Crippen LogP contribution in [0.25, 0.3) is 0 Å². The van der Waals surface area contributed by atoms with E-state index in [1.807, 2.05) is 18.2 Å². The molecule has 22 heavy (non-hydrogen) atoms. The number of benzene rings is 2. The molecular formula is C17H16ClFN2O. The van der Waals surface area contributed by atoms with Crippen LogP contribution >= 0.6 is 11.6 Å². The zero-order chi connectivity index (χ0) is 15.6. The third-order valence-electron chi connectivity index (χ3n) is 4.00. The van der Waals surface area contributed by atoms with E-state index < -0.39 is 5.82 Å². The molecule has 114 valence electrons. The van der Waals surface area contributed by atoms with E-state index in [4.69, 9.17) is 11.6 Å². The summed E-state index contributed by atoms with van der Waals surface area (Å²) in [5.74, 6) is -0.506. The molecule has 2 aromatic rings. The van der Waals surface area contributed by atoms with Gasteiger partial charge in [0.2, 0.25) is 0 Å². The Balaban J connectivity index is 1.58. The molecule has 2 N–H and O–H groups in total. The van der Waals surface area contributed by atoms with Crippen molar-refractivity contribution in [1.29, 1.82) is 0 Å². The fourth-order valence-electron chi connectivity index (χ4n) is 2.51. The van der Waals surface area contributed by atoms with Crippen molar-refractivity contribution in [2.24, 2.45) is 0 Å². The zero-order valence-corrected chi connectivity index (χ0v) is 12.7. The molecule has 0 spiro atoms. The van der Waals surface area contributed by atoms with Crippen LogP contribution in [-0.4, -0.2) is 12.6 Å². The van der Waals surface area contributed by atoms with Gasteiger partial charge in [0.15, 0.2) is 0 Å². The molecule has 0 radical (unpaired) electrons. The van der Waals surface area contributed by atoms with Crippen LogP contribution in [0.2, 0.25) is 5.02 Å². The van der Waals surface area contributed by atoms with Crippen LogP contribution in [-0.2, 0) is 5.41 Å². The maximum atomic E-state index is 13.1. The van der Waals surface area contributed by atoms with Gasteiger partial charge in [0.25, 0.3) is 0 Å². The van der Waals surface area contributed by atoms with Crippen molar-refractivity contribution in [3.8, 4) is 0 Å². The van der Waals surface area contributed by atoms with Crippen molar-refractivity contribution in [3.63, 3.8) is 0 Å². The van der Waals surface area contributed by atoms with E-state index in [0.29, 0.717) is 12.2 Å². The Hall–Kier alpha value is -2.07. The molecule has 0 aliphatic heterocycles. The zero-order valence-electron chi connectivity index (χ0n) is 11.9. The first-order valence-electron chi connectivity index (χ1n) is 7.15. The van der Waals surface area contributed by atoms with Crippen LogP contribution < -0.4 is 10.6 Å². The molecule has 1 saturated carbocycles. The molecule has 0 atom stereocenters. The molecule has 2 amide bonds. The number of carbonyl (C=O) groups is 1. The minimum absolute atomic E-state index is 0.0132. The van der Waals surface area contributed by atoms with Crippen molar-refractivity contribution in [2.75, 3.05) is 11.9 Å². The second-order valence-electron chi connectivity index (χ2n) is 5.58. The summed E-state index contributed by atoms with van der Waals surface area (Å²) in [5.41, 5.74) is 1.77. The van der Waals surface area contributed by atoms with Gasteiger partial charge in [-0.25, -0.2) is 9.18 Å². The molecule has 0 saturated heterocycles. The number of carbonyl (C=O) groups excluding carboxylic acids is 1. The summed E-state index contributed by atoms with van der Waals surface area (Å²) in [6.07, 6.45) is 2.14. The minimum atomic E-state index is -0.506. The van der Waals surface area contributed by atoms with Gasteiger partial charge in [0, 0.05) is 17.6 Å². The largest absolute Gasteiger partial charge is 0.337 e. The van der Waals surface area contributed by atoms with Crippen LogP contribution in [0.1, 0.15) is 18.4 Å². The van der Waals surface area contributed by atoms with Crippen LogP contribution in [0.3, 0.4) is 0 Å². The lowest BCUT2D eigenvalue weighted by Gasteiger charge is -2.17. The molecule has 3 rings (SSSR count). The molecule has 3 nitrogen and oxygen atoms in total. The van der Waals surface area contributed by atoms with Crippen molar-refractivity contribution in [2.45, 2.75) is 18.3 Å². The number of urea groups is 1. The summed E-state index contributed by atoms with van der Waals surface area (Å²) in [6, 6.07) is 14.0. The van der Waals surface area contributed by atoms with Gasteiger partial charge in [-0.2, -0.15) is 0 Å². The highest BCUT2D eigenvalue weighted by Crippen LogP contribution is 2.47. The maximum absolute atomic E-state index is 13.1. The van der Waals surface area contributed by atoms with Gasteiger partial charge in [0.1, 0.15) is 5.82 Å². The number of nitrogens with one attached hydrogen (secondary N) is 2. The molecule has 0 heterocycles. The highest BCUT2D eigenvalue weighted by atomic mass is 35.5. The lowest BCUT2D eigenvalue weighted by molar-refractivity contribution is 0.251. The van der Waals surface area contributed by atoms with E-state index in [9.17, 15) is 9.18 Å². The third-order valence-corrected chi connectivity index (χ3v) is 4.29. The second kappa shape index (κ2) is 5.97. The van der Waals surface area contributed by atoms with E-state index in [2.05, 4.69) is 22.8 Å². The average Bonchev–Trinajstić information content (AvgIpc) is 3.31. The van der Waals surface area contributed by atoms with Crippen molar-refractivity contribution in [1.82, 2.24) is 5.32 Å². The van der Waals surface area contributed by atoms with Gasteiger partial charge in [0.05, 0.1) is 5.02 Å². The summed E-state index contributed by atoms with van der Waals surface area (Å²) in [7, 11) is 0. The number of amides is 2. The highest BCUT2D eigenvalue weighted by Gasteiger charge is 2.44. The Morgan fingerprint density at radius 2 is 1.91 bits per heavy atom. The summed E-state index contributed by atoms with van der Waals surface area (Å²) in [5, 5.41) is 5.53. The van der Waals surface area contributed by atoms with Crippen molar-refractivity contribution in [3.05, 3.63) is 64.9 Å². The van der Waals surface area contributed by atoms with Gasteiger partial charge in [-0.15, -0.1) is 0 Å². The summed E-state index contributed by atoms with van der Waals surface area (Å²) >= 11 is 5.69. The molecular weight excluding hydrogens is 303 g/mol. The number of hydrogen-bond acceptors (Lipinski definition) is 1. The molecule has 0 bridgehead atoms. The van der Waals surface area contributed by atoms with Crippen LogP contribution in [0.4, 0.5) is 14.9 Å². The van der Waals surface area contributed by atoms with Gasteiger partial charge in [-0.3, -0.25) is 0 Å². The molecule has 0 unspecified atom stereocenters. The Labute approximate surface area is 133 Å². The fourth-order valence-corrected chi connectivity index (χ4v) is 2.69. The summed E-state index contributed by atoms with van der Waals surface area (Å²) in [4.78, 5) is 12.0. The monoisotopic (exact) mass is 318 g/mol. The molecule has 0 aromatic heterocycles. The van der Waals surface area contributed by atoms with Gasteiger partial charge in [-0.1, -0.05) is 41.9 Å². The highest BCUT2D eigenvalue weighted by molar-refractivity contribution is 6.31. The van der Waals surface area contributed by atoms with Gasteiger partial charge < -0.3 is 10.6 Å². The molecule has 1 aliphatic carbocycles. The van der Waals surface area contributed by atoms with Gasteiger partial charge >= 0.3 is 6.03 Å². The number of rotatable bonds is 4. The van der Waals surface area contributed by atoms with E-state index in [0.717, 1.165) is 12.8 Å². The number of hydrogen-bond donors (Lipinski definition) is 2. The predicted molar refractivity (Wildman–Crippen MR) is 85.8 cm³/mol. The van der Waals surface area contributed by atoms with Crippen molar-refractivity contribution >= 4 is 23.3 Å². The molecule has 1 fully saturated rings. The topological polar surface area (TPSA) is 41.1 Å². The van der Waals surface area contributed by atoms with Crippen molar-refractivity contribution < 1.29 is 9.18 Å². The van der Waals surface area contributed by atoms with Gasteiger partial charge in [-0.05, 0) is 36.6 Å². The quantitative estimate of drug-likeness (QED) is 0.865. The Kier molecular flexibility index (Phi) is 4.03. The summed E-state index contributed by atoms with van der Waals surface area (Å²) < 4.78 is 13.1. The first-order chi connectivity index (χ1) is 10.6.